The second-order valence-electron chi connectivity index (χ2n) is 6.43. The topological polar surface area (TPSA) is 24.1 Å². The number of rotatable bonds is 7. The van der Waals surface area contributed by atoms with Crippen molar-refractivity contribution in [1.82, 2.24) is 10.6 Å². The molecule has 0 radical (unpaired) electrons. The number of aryl methyl sites for hydroxylation is 1. The summed E-state index contributed by atoms with van der Waals surface area (Å²) in [7, 11) is 0. The van der Waals surface area contributed by atoms with Gasteiger partial charge in [-0.1, -0.05) is 53.0 Å². The number of alkyl halides is 1. The van der Waals surface area contributed by atoms with E-state index in [1.807, 2.05) is 18.2 Å². The van der Waals surface area contributed by atoms with Crippen molar-refractivity contribution in [2.24, 2.45) is 0 Å². The zero-order valence-electron chi connectivity index (χ0n) is 15.7. The Kier molecular flexibility index (Phi) is 9.39. The molecule has 0 aromatic heterocycles. The van der Waals surface area contributed by atoms with Crippen LogP contribution in [-0.4, -0.2) is 17.5 Å². The smallest absolute Gasteiger partial charge is 0.166 e. The highest BCUT2D eigenvalue weighted by Crippen LogP contribution is 2.33. The monoisotopic (exact) mass is 474 g/mol. The van der Waals surface area contributed by atoms with E-state index in [1.54, 1.807) is 11.6 Å². The summed E-state index contributed by atoms with van der Waals surface area (Å²) in [5.74, 6) is 0.476. The molecule has 1 unspecified atom stereocenters. The largest absolute Gasteiger partial charge is 0.362 e. The molecule has 28 heavy (non-hydrogen) atoms. The van der Waals surface area contributed by atoms with Crippen LogP contribution in [0.2, 0.25) is 10.0 Å². The highest BCUT2D eigenvalue weighted by molar-refractivity contribution is 7.80. The van der Waals surface area contributed by atoms with E-state index in [1.165, 1.54) is 11.1 Å². The molecular formula is C21H22Cl4N2S. The van der Waals surface area contributed by atoms with Gasteiger partial charge in [0.1, 0.15) is 0 Å². The van der Waals surface area contributed by atoms with Gasteiger partial charge in [0.15, 0.2) is 5.11 Å². The SMILES string of the molecule is Cc1cccc(C(C/C(=C/Cl)c2cc(Cl)cc(Cl)c2)NC(=S)NCCCl)c1C. The van der Waals surface area contributed by atoms with Crippen LogP contribution in [0.1, 0.15) is 34.7 Å². The van der Waals surface area contributed by atoms with E-state index in [-0.39, 0.29) is 6.04 Å². The van der Waals surface area contributed by atoms with Crippen molar-refractivity contribution in [2.75, 3.05) is 12.4 Å². The first-order valence-electron chi connectivity index (χ1n) is 8.78. The number of hydrogen-bond donors (Lipinski definition) is 2. The Morgan fingerprint density at radius 1 is 1.14 bits per heavy atom. The molecule has 0 fully saturated rings. The normalized spacial score (nSPS) is 12.6. The molecule has 0 aliphatic rings. The van der Waals surface area contributed by atoms with E-state index in [0.29, 0.717) is 34.0 Å². The van der Waals surface area contributed by atoms with Crippen LogP contribution in [0, 0.1) is 13.8 Å². The molecule has 2 rings (SSSR count). The van der Waals surface area contributed by atoms with Crippen molar-refractivity contribution < 1.29 is 0 Å². The van der Waals surface area contributed by atoms with Crippen LogP contribution in [-0.2, 0) is 0 Å². The van der Waals surface area contributed by atoms with Gasteiger partial charge in [0.25, 0.3) is 0 Å². The molecule has 0 saturated heterocycles. The summed E-state index contributed by atoms with van der Waals surface area (Å²) < 4.78 is 0. The maximum atomic E-state index is 6.19. The number of nitrogens with one attached hydrogen (secondary N) is 2. The minimum atomic E-state index is -0.0852. The van der Waals surface area contributed by atoms with Crippen LogP contribution < -0.4 is 10.6 Å². The van der Waals surface area contributed by atoms with Crippen LogP contribution in [0.3, 0.4) is 0 Å². The minimum absolute atomic E-state index is 0.0852. The molecule has 0 spiro atoms. The third-order valence-corrected chi connectivity index (χ3v) is 5.65. The molecule has 2 aromatic carbocycles. The fourth-order valence-corrected chi connectivity index (χ4v) is 4.02. The lowest BCUT2D eigenvalue weighted by Crippen LogP contribution is -2.39. The molecule has 150 valence electrons. The van der Waals surface area contributed by atoms with Crippen molar-refractivity contribution in [3.63, 3.8) is 0 Å². The van der Waals surface area contributed by atoms with E-state index in [2.05, 4.69) is 36.6 Å². The molecule has 7 heteroatoms. The van der Waals surface area contributed by atoms with E-state index < -0.39 is 0 Å². The van der Waals surface area contributed by atoms with Gasteiger partial charge in [0, 0.05) is 28.0 Å². The first-order valence-corrected chi connectivity index (χ1v) is 10.9. The van der Waals surface area contributed by atoms with Crippen molar-refractivity contribution >= 4 is 69.3 Å². The fraction of sp³-hybridized carbons (Fsp3) is 0.286. The maximum absolute atomic E-state index is 6.19. The van der Waals surface area contributed by atoms with Crippen molar-refractivity contribution in [1.29, 1.82) is 0 Å². The molecule has 0 amide bonds. The highest BCUT2D eigenvalue weighted by atomic mass is 35.5. The Hall–Kier alpha value is -0.970. The Bertz CT molecular complexity index is 847. The summed E-state index contributed by atoms with van der Waals surface area (Å²) in [5, 5.41) is 8.18. The van der Waals surface area contributed by atoms with Gasteiger partial charge in [-0.3, -0.25) is 0 Å². The zero-order valence-corrected chi connectivity index (χ0v) is 19.5. The molecule has 2 nitrogen and oxygen atoms in total. The van der Waals surface area contributed by atoms with E-state index in [0.717, 1.165) is 16.7 Å². The van der Waals surface area contributed by atoms with Crippen molar-refractivity contribution in [3.8, 4) is 0 Å². The van der Waals surface area contributed by atoms with Crippen molar-refractivity contribution in [2.45, 2.75) is 26.3 Å². The van der Waals surface area contributed by atoms with Gasteiger partial charge in [0.05, 0.1) is 6.04 Å². The molecule has 0 saturated carbocycles. The fourth-order valence-electron chi connectivity index (χ4n) is 2.94. The average molecular weight is 476 g/mol. The Morgan fingerprint density at radius 2 is 1.82 bits per heavy atom. The second kappa shape index (κ2) is 11.3. The van der Waals surface area contributed by atoms with Crippen LogP contribution in [0.15, 0.2) is 41.9 Å². The van der Waals surface area contributed by atoms with Gasteiger partial charge >= 0.3 is 0 Å². The van der Waals surface area contributed by atoms with Gasteiger partial charge in [-0.15, -0.1) is 11.6 Å². The third kappa shape index (κ3) is 6.53. The van der Waals surface area contributed by atoms with Crippen LogP contribution in [0.4, 0.5) is 0 Å². The van der Waals surface area contributed by atoms with E-state index in [9.17, 15) is 0 Å². The van der Waals surface area contributed by atoms with Crippen molar-refractivity contribution in [3.05, 3.63) is 74.2 Å². The van der Waals surface area contributed by atoms with Gasteiger partial charge < -0.3 is 10.6 Å². The minimum Gasteiger partial charge on any atom is -0.362 e. The Morgan fingerprint density at radius 3 is 2.43 bits per heavy atom. The van der Waals surface area contributed by atoms with Gasteiger partial charge in [0.2, 0.25) is 0 Å². The summed E-state index contributed by atoms with van der Waals surface area (Å²) in [6, 6.07) is 11.6. The zero-order chi connectivity index (χ0) is 20.7. The molecule has 0 aliphatic carbocycles. The first-order chi connectivity index (χ1) is 13.3. The van der Waals surface area contributed by atoms with E-state index >= 15 is 0 Å². The molecule has 0 aliphatic heterocycles. The Balaban J connectivity index is 2.37. The van der Waals surface area contributed by atoms with Gasteiger partial charge in [-0.05, 0) is 78.5 Å². The number of thiocarbonyl (C=S) groups is 1. The average Bonchev–Trinajstić information content (AvgIpc) is 2.65. The third-order valence-electron chi connectivity index (χ3n) is 4.50. The molecule has 2 aromatic rings. The second-order valence-corrected chi connectivity index (χ2v) is 8.30. The lowest BCUT2D eigenvalue weighted by Gasteiger charge is -2.25. The first kappa shape index (κ1) is 23.3. The lowest BCUT2D eigenvalue weighted by molar-refractivity contribution is 0.651. The van der Waals surface area contributed by atoms with Gasteiger partial charge in [-0.25, -0.2) is 0 Å². The predicted molar refractivity (Wildman–Crippen MR) is 128 cm³/mol. The molecule has 0 heterocycles. The molecular weight excluding hydrogens is 454 g/mol. The standard InChI is InChI=1S/C21H22Cl4N2S/c1-13-4-3-5-19(14(13)2)20(27-21(28)26-7-6-22)10-16(12-23)15-8-17(24)11-18(25)9-15/h3-5,8-9,11-12,20H,6-7,10H2,1-2H3,(H2,26,27,28)/b16-12-. The molecule has 1 atom stereocenters. The summed E-state index contributed by atoms with van der Waals surface area (Å²) in [5.41, 5.74) is 6.93. The summed E-state index contributed by atoms with van der Waals surface area (Å²) in [4.78, 5) is 0. The quantitative estimate of drug-likeness (QED) is 0.332. The summed E-state index contributed by atoms with van der Waals surface area (Å²) >= 11 is 29.7. The number of benzene rings is 2. The lowest BCUT2D eigenvalue weighted by atomic mass is 9.91. The van der Waals surface area contributed by atoms with Crippen LogP contribution >= 0.6 is 58.6 Å². The maximum Gasteiger partial charge on any atom is 0.166 e. The molecule has 0 bridgehead atoms. The summed E-state index contributed by atoms with van der Waals surface area (Å²) in [6.07, 6.45) is 0.604. The van der Waals surface area contributed by atoms with Gasteiger partial charge in [-0.2, -0.15) is 0 Å². The number of hydrogen-bond acceptors (Lipinski definition) is 1. The van der Waals surface area contributed by atoms with Crippen LogP contribution in [0.5, 0.6) is 0 Å². The van der Waals surface area contributed by atoms with Crippen LogP contribution in [0.25, 0.3) is 5.57 Å². The predicted octanol–water partition coefficient (Wildman–Crippen LogP) is 7.02. The highest BCUT2D eigenvalue weighted by Gasteiger charge is 2.19. The Labute approximate surface area is 192 Å². The molecule has 2 N–H and O–H groups in total. The number of halogens is 4. The summed E-state index contributed by atoms with van der Waals surface area (Å²) in [6.45, 7) is 4.79. The van der Waals surface area contributed by atoms with E-state index in [4.69, 9.17) is 58.6 Å².